The predicted molar refractivity (Wildman–Crippen MR) is 253 cm³/mol. The summed E-state index contributed by atoms with van der Waals surface area (Å²) in [5.41, 5.74) is 20.4. The Morgan fingerprint density at radius 2 is 0.677 bits per heavy atom. The Kier molecular flexibility index (Phi) is 8.46. The van der Waals surface area contributed by atoms with Crippen LogP contribution in [0.4, 0.5) is 0 Å². The van der Waals surface area contributed by atoms with Gasteiger partial charge in [0.1, 0.15) is 0 Å². The largest absolute Gasteiger partial charge is 0.208 e. The van der Waals surface area contributed by atoms with Gasteiger partial charge in [-0.2, -0.15) is 0 Å². The van der Waals surface area contributed by atoms with Crippen LogP contribution in [0.1, 0.15) is 33.4 Å². The quantitative estimate of drug-likeness (QED) is 0.161. The number of hydrogen-bond acceptors (Lipinski definition) is 3. The van der Waals surface area contributed by atoms with E-state index >= 15 is 0 Å². The fraction of sp³-hybridized carbons (Fsp3) is 0.0339. The van der Waals surface area contributed by atoms with Crippen LogP contribution in [0.2, 0.25) is 0 Å². The second-order valence-electron chi connectivity index (χ2n) is 16.2. The van der Waals surface area contributed by atoms with Crippen LogP contribution in [0.15, 0.2) is 224 Å². The summed E-state index contributed by atoms with van der Waals surface area (Å²) >= 11 is 0. The first-order valence-electron chi connectivity index (χ1n) is 21.3. The van der Waals surface area contributed by atoms with E-state index < -0.39 is 5.41 Å². The van der Waals surface area contributed by atoms with Crippen molar-refractivity contribution < 1.29 is 0 Å². The van der Waals surface area contributed by atoms with Crippen LogP contribution in [-0.4, -0.2) is 15.0 Å². The summed E-state index contributed by atoms with van der Waals surface area (Å²) < 4.78 is 0. The molecule has 1 heterocycles. The smallest absolute Gasteiger partial charge is 0.164 e. The van der Waals surface area contributed by atoms with E-state index in [0.717, 1.165) is 28.7 Å². The van der Waals surface area contributed by atoms with Crippen molar-refractivity contribution in [2.75, 3.05) is 0 Å². The molecule has 3 heteroatoms. The van der Waals surface area contributed by atoms with Crippen LogP contribution in [0.5, 0.6) is 0 Å². The highest BCUT2D eigenvalue weighted by Crippen LogP contribution is 2.57. The van der Waals surface area contributed by atoms with Gasteiger partial charge in [0.15, 0.2) is 17.5 Å². The van der Waals surface area contributed by atoms with Crippen molar-refractivity contribution in [1.82, 2.24) is 15.0 Å². The fourth-order valence-electron chi connectivity index (χ4n) is 10.2. The lowest BCUT2D eigenvalue weighted by Gasteiger charge is -2.34. The highest BCUT2D eigenvalue weighted by atomic mass is 15.0. The number of benzene rings is 9. The van der Waals surface area contributed by atoms with Crippen molar-refractivity contribution in [2.45, 2.75) is 11.8 Å². The summed E-state index contributed by atoms with van der Waals surface area (Å²) in [6.45, 7) is 0. The molecule has 290 valence electrons. The predicted octanol–water partition coefficient (Wildman–Crippen LogP) is 14.1. The van der Waals surface area contributed by atoms with E-state index in [9.17, 15) is 0 Å². The minimum Gasteiger partial charge on any atom is -0.208 e. The Morgan fingerprint density at radius 1 is 0.274 bits per heavy atom. The number of rotatable bonds is 7. The molecule has 2 aliphatic carbocycles. The first-order chi connectivity index (χ1) is 30.7. The van der Waals surface area contributed by atoms with Gasteiger partial charge in [-0.05, 0) is 96.4 Å². The van der Waals surface area contributed by atoms with Gasteiger partial charge in [-0.1, -0.05) is 212 Å². The Labute approximate surface area is 361 Å². The summed E-state index contributed by atoms with van der Waals surface area (Å²) in [4.78, 5) is 15.0. The van der Waals surface area contributed by atoms with E-state index in [-0.39, 0.29) is 0 Å². The lowest BCUT2D eigenvalue weighted by atomic mass is 9.67. The maximum absolute atomic E-state index is 5.05. The van der Waals surface area contributed by atoms with Gasteiger partial charge >= 0.3 is 0 Å². The number of hydrogen-bond donors (Lipinski definition) is 0. The minimum absolute atomic E-state index is 0.453. The van der Waals surface area contributed by atoms with Gasteiger partial charge in [-0.25, -0.2) is 15.0 Å². The third-order valence-corrected chi connectivity index (χ3v) is 12.9. The fourth-order valence-corrected chi connectivity index (χ4v) is 10.2. The zero-order valence-corrected chi connectivity index (χ0v) is 33.9. The van der Waals surface area contributed by atoms with Crippen molar-refractivity contribution in [2.24, 2.45) is 0 Å². The average molecular weight is 790 g/mol. The van der Waals surface area contributed by atoms with Crippen molar-refractivity contribution in [1.29, 1.82) is 0 Å². The van der Waals surface area contributed by atoms with Gasteiger partial charge in [-0.15, -0.1) is 0 Å². The van der Waals surface area contributed by atoms with E-state index in [1.165, 1.54) is 72.3 Å². The third kappa shape index (κ3) is 5.70. The molecule has 1 aromatic heterocycles. The van der Waals surface area contributed by atoms with Crippen LogP contribution in [0, 0.1) is 0 Å². The zero-order valence-electron chi connectivity index (χ0n) is 33.9. The van der Waals surface area contributed by atoms with E-state index in [1.807, 2.05) is 60.7 Å². The number of fused-ring (bicyclic) bond motifs is 6. The van der Waals surface area contributed by atoms with Gasteiger partial charge in [0.25, 0.3) is 0 Å². The second-order valence-corrected chi connectivity index (χ2v) is 16.2. The Morgan fingerprint density at radius 3 is 1.26 bits per heavy atom. The molecule has 0 aliphatic heterocycles. The summed E-state index contributed by atoms with van der Waals surface area (Å²) in [6, 6.07) is 80.9. The van der Waals surface area contributed by atoms with E-state index in [2.05, 4.69) is 164 Å². The van der Waals surface area contributed by atoms with Gasteiger partial charge in [0, 0.05) is 16.7 Å². The summed E-state index contributed by atoms with van der Waals surface area (Å²) in [5, 5.41) is 0. The molecule has 0 saturated carbocycles. The van der Waals surface area contributed by atoms with Gasteiger partial charge in [-0.3, -0.25) is 0 Å². The molecule has 10 aromatic rings. The van der Waals surface area contributed by atoms with E-state index in [1.54, 1.807) is 0 Å². The van der Waals surface area contributed by atoms with Gasteiger partial charge in [0.2, 0.25) is 0 Å². The summed E-state index contributed by atoms with van der Waals surface area (Å²) in [5.74, 6) is 1.96. The molecule has 0 atom stereocenters. The molecule has 62 heavy (non-hydrogen) atoms. The van der Waals surface area contributed by atoms with Crippen molar-refractivity contribution in [3.05, 3.63) is 258 Å². The molecule has 12 rings (SSSR count). The second kappa shape index (κ2) is 14.6. The molecule has 0 spiro atoms. The Hall–Kier alpha value is -8.01. The molecular formula is C59H39N3. The summed E-state index contributed by atoms with van der Waals surface area (Å²) in [6.07, 6.45) is 0.836. The zero-order chi connectivity index (χ0) is 41.0. The Bertz CT molecular complexity index is 3210. The molecule has 0 N–H and O–H groups in total. The Balaban J connectivity index is 0.963. The van der Waals surface area contributed by atoms with Crippen molar-refractivity contribution in [3.63, 3.8) is 0 Å². The van der Waals surface area contributed by atoms with Gasteiger partial charge in [0.05, 0.1) is 5.41 Å². The first kappa shape index (κ1) is 35.9. The van der Waals surface area contributed by atoms with Crippen LogP contribution in [0.3, 0.4) is 0 Å². The normalized spacial score (nSPS) is 12.9. The molecule has 0 saturated heterocycles. The molecule has 2 aliphatic rings. The molecule has 0 bridgehead atoms. The van der Waals surface area contributed by atoms with Gasteiger partial charge < -0.3 is 0 Å². The molecule has 3 nitrogen and oxygen atoms in total. The monoisotopic (exact) mass is 789 g/mol. The molecule has 0 amide bonds. The number of nitrogens with zero attached hydrogens (tertiary/aromatic N) is 3. The minimum atomic E-state index is -0.453. The van der Waals surface area contributed by atoms with Crippen LogP contribution in [0.25, 0.3) is 78.7 Å². The van der Waals surface area contributed by atoms with Crippen molar-refractivity contribution in [3.8, 4) is 78.7 Å². The van der Waals surface area contributed by atoms with E-state index in [4.69, 9.17) is 15.0 Å². The lowest BCUT2D eigenvalue weighted by Crippen LogP contribution is -2.28. The van der Waals surface area contributed by atoms with E-state index in [0.29, 0.717) is 17.5 Å². The third-order valence-electron chi connectivity index (χ3n) is 12.9. The maximum Gasteiger partial charge on any atom is 0.164 e. The SMILES string of the molecule is c1ccc(-c2nc(-c3ccccc3)nc(-c3cccc(-c4cccc5c4Cc4c(-c6ccc7c(c6)C(c6ccccc6)(c6ccccc6)c6ccccc6-7)cccc4-5)c3)n2)cc1. The standard InChI is InChI=1S/C59H39N3/c1-5-18-39(19-6-1)56-60-57(40-20-7-2-8-21-40)62-58(61-56)43-23-15-22-41(36-43)46-29-16-31-48-49-32-17-30-47(53(49)38-52(46)48)42-34-35-51-50-28-13-14-33-54(50)59(55(51)37-42,44-24-9-3-10-25-44)45-26-11-4-12-27-45/h1-37H,38H2. The molecular weight excluding hydrogens is 751 g/mol. The molecule has 9 aromatic carbocycles. The van der Waals surface area contributed by atoms with Crippen LogP contribution >= 0.6 is 0 Å². The average Bonchev–Trinajstić information content (AvgIpc) is 3.89. The maximum atomic E-state index is 5.05. The molecule has 0 unspecified atom stereocenters. The molecule has 0 radical (unpaired) electrons. The topological polar surface area (TPSA) is 38.7 Å². The van der Waals surface area contributed by atoms with Crippen molar-refractivity contribution >= 4 is 0 Å². The van der Waals surface area contributed by atoms with Crippen LogP contribution in [-0.2, 0) is 11.8 Å². The van der Waals surface area contributed by atoms with Crippen LogP contribution < -0.4 is 0 Å². The summed E-state index contributed by atoms with van der Waals surface area (Å²) in [7, 11) is 0. The highest BCUT2D eigenvalue weighted by Gasteiger charge is 2.46. The highest BCUT2D eigenvalue weighted by molar-refractivity contribution is 5.93. The molecule has 0 fully saturated rings. The lowest BCUT2D eigenvalue weighted by molar-refractivity contribution is 0.769. The first-order valence-corrected chi connectivity index (χ1v) is 21.3. The number of aromatic nitrogens is 3.